The Balaban J connectivity index is 0.000000170. The SMILES string of the molecule is Clc1cc(CCCN2CCCC2)ccc1OC1CC1.NC(=O)C(=O)c1ccc(N2CCCCC2)cc1. The fraction of sp³-hybridized carbons (Fsp3) is 0.517. The van der Waals surface area contributed by atoms with Gasteiger partial charge in [-0.05, 0) is 119 Å². The minimum Gasteiger partial charge on any atom is -0.489 e. The first kappa shape index (κ1) is 26.5. The zero-order valence-electron chi connectivity index (χ0n) is 21.1. The fourth-order valence-electron chi connectivity index (χ4n) is 4.79. The molecule has 5 rings (SSSR count). The number of carbonyl (C=O) groups excluding carboxylic acids is 2. The quantitative estimate of drug-likeness (QED) is 0.367. The molecule has 0 spiro atoms. The molecule has 0 unspecified atom stereocenters. The van der Waals surface area contributed by atoms with Gasteiger partial charge in [-0.2, -0.15) is 0 Å². The van der Waals surface area contributed by atoms with Crippen LogP contribution < -0.4 is 15.4 Å². The summed E-state index contributed by atoms with van der Waals surface area (Å²) in [5.41, 5.74) is 7.74. The lowest BCUT2D eigenvalue weighted by Crippen LogP contribution is -2.29. The number of nitrogens with zero attached hydrogens (tertiary/aromatic N) is 2. The van der Waals surface area contributed by atoms with Gasteiger partial charge in [0, 0.05) is 24.3 Å². The van der Waals surface area contributed by atoms with Crippen molar-refractivity contribution in [2.45, 2.75) is 63.9 Å². The number of halogens is 1. The van der Waals surface area contributed by atoms with Crippen LogP contribution in [-0.2, 0) is 11.2 Å². The Kier molecular flexibility index (Phi) is 9.65. The number of amides is 1. The summed E-state index contributed by atoms with van der Waals surface area (Å²) in [5, 5.41) is 0.769. The van der Waals surface area contributed by atoms with Crippen LogP contribution in [0.3, 0.4) is 0 Å². The number of piperidine rings is 1. The Morgan fingerprint density at radius 3 is 2.19 bits per heavy atom. The molecule has 2 aromatic rings. The Morgan fingerprint density at radius 1 is 0.917 bits per heavy atom. The molecule has 194 valence electrons. The van der Waals surface area contributed by atoms with E-state index in [9.17, 15) is 9.59 Å². The van der Waals surface area contributed by atoms with Crippen LogP contribution in [0.15, 0.2) is 42.5 Å². The maximum absolute atomic E-state index is 11.3. The first-order valence-electron chi connectivity index (χ1n) is 13.4. The zero-order chi connectivity index (χ0) is 25.3. The van der Waals surface area contributed by atoms with Crippen molar-refractivity contribution in [3.63, 3.8) is 0 Å². The Bertz CT molecular complexity index is 1010. The van der Waals surface area contributed by atoms with Crippen LogP contribution in [0.5, 0.6) is 5.75 Å². The Hall–Kier alpha value is -2.57. The van der Waals surface area contributed by atoms with E-state index in [0.29, 0.717) is 11.7 Å². The molecule has 36 heavy (non-hydrogen) atoms. The van der Waals surface area contributed by atoms with Gasteiger partial charge in [0.2, 0.25) is 5.78 Å². The van der Waals surface area contributed by atoms with E-state index in [4.69, 9.17) is 22.1 Å². The molecule has 1 amide bonds. The van der Waals surface area contributed by atoms with E-state index in [1.807, 2.05) is 18.2 Å². The summed E-state index contributed by atoms with van der Waals surface area (Å²) in [7, 11) is 0. The van der Waals surface area contributed by atoms with Gasteiger partial charge in [0.1, 0.15) is 5.75 Å². The average molecular weight is 512 g/mol. The molecule has 0 radical (unpaired) electrons. The van der Waals surface area contributed by atoms with Gasteiger partial charge in [-0.25, -0.2) is 0 Å². The lowest BCUT2D eigenvalue weighted by molar-refractivity contribution is -0.114. The molecule has 2 aliphatic heterocycles. The second kappa shape index (κ2) is 13.1. The topological polar surface area (TPSA) is 75.9 Å². The maximum atomic E-state index is 11.3. The van der Waals surface area contributed by atoms with E-state index in [0.717, 1.165) is 36.0 Å². The monoisotopic (exact) mass is 511 g/mol. The van der Waals surface area contributed by atoms with E-state index in [1.165, 1.54) is 76.6 Å². The predicted octanol–water partition coefficient (Wildman–Crippen LogP) is 5.25. The molecule has 2 saturated heterocycles. The third-order valence-electron chi connectivity index (χ3n) is 7.03. The van der Waals surface area contributed by atoms with E-state index >= 15 is 0 Å². The number of anilines is 1. The first-order valence-corrected chi connectivity index (χ1v) is 13.7. The number of aryl methyl sites for hydroxylation is 1. The third-order valence-corrected chi connectivity index (χ3v) is 7.32. The summed E-state index contributed by atoms with van der Waals surface area (Å²) >= 11 is 6.27. The van der Waals surface area contributed by atoms with Crippen molar-refractivity contribution in [1.29, 1.82) is 0 Å². The third kappa shape index (κ3) is 7.97. The number of benzene rings is 2. The summed E-state index contributed by atoms with van der Waals surface area (Å²) in [4.78, 5) is 26.9. The van der Waals surface area contributed by atoms with Crippen molar-refractivity contribution in [3.05, 3.63) is 58.6 Å². The number of hydrogen-bond donors (Lipinski definition) is 1. The highest BCUT2D eigenvalue weighted by molar-refractivity contribution is 6.42. The molecule has 7 heteroatoms. The van der Waals surface area contributed by atoms with Gasteiger partial charge < -0.3 is 20.3 Å². The molecule has 2 aromatic carbocycles. The summed E-state index contributed by atoms with van der Waals surface area (Å²) in [6.07, 6.45) is 11.6. The van der Waals surface area contributed by atoms with Gasteiger partial charge in [-0.1, -0.05) is 17.7 Å². The lowest BCUT2D eigenvalue weighted by Gasteiger charge is -2.28. The number of hydrogen-bond acceptors (Lipinski definition) is 5. The number of rotatable bonds is 9. The van der Waals surface area contributed by atoms with Gasteiger partial charge in [0.05, 0.1) is 11.1 Å². The molecule has 1 aliphatic carbocycles. The normalized spacial score (nSPS) is 17.9. The molecule has 3 fully saturated rings. The predicted molar refractivity (Wildman–Crippen MR) is 145 cm³/mol. The molecule has 0 atom stereocenters. The van der Waals surface area contributed by atoms with Gasteiger partial charge in [-0.3, -0.25) is 9.59 Å². The molecule has 3 aliphatic rings. The smallest absolute Gasteiger partial charge is 0.289 e. The van der Waals surface area contributed by atoms with Crippen molar-refractivity contribution < 1.29 is 14.3 Å². The van der Waals surface area contributed by atoms with Crippen molar-refractivity contribution in [2.75, 3.05) is 37.6 Å². The van der Waals surface area contributed by atoms with Gasteiger partial charge >= 0.3 is 0 Å². The number of Topliss-reactive ketones (excluding diaryl/α,β-unsaturated/α-hetero) is 1. The zero-order valence-corrected chi connectivity index (χ0v) is 21.8. The number of nitrogens with two attached hydrogens (primary N) is 1. The lowest BCUT2D eigenvalue weighted by atomic mass is 10.1. The summed E-state index contributed by atoms with van der Waals surface area (Å²) in [6.45, 7) is 5.91. The van der Waals surface area contributed by atoms with Crippen LogP contribution in [0.4, 0.5) is 5.69 Å². The minimum absolute atomic E-state index is 0.359. The average Bonchev–Trinajstić information content (AvgIpc) is 3.57. The van der Waals surface area contributed by atoms with Gasteiger partial charge in [-0.15, -0.1) is 0 Å². The summed E-state index contributed by atoms with van der Waals surface area (Å²) < 4.78 is 5.76. The number of carbonyl (C=O) groups is 2. The summed E-state index contributed by atoms with van der Waals surface area (Å²) in [5.74, 6) is -0.682. The second-order valence-corrected chi connectivity index (χ2v) is 10.4. The van der Waals surface area contributed by atoms with Crippen molar-refractivity contribution in [2.24, 2.45) is 5.73 Å². The second-order valence-electron chi connectivity index (χ2n) is 10.0. The van der Waals surface area contributed by atoms with Gasteiger partial charge in [0.15, 0.2) is 0 Å². The van der Waals surface area contributed by atoms with E-state index in [-0.39, 0.29) is 0 Å². The van der Waals surface area contributed by atoms with Crippen molar-refractivity contribution in [1.82, 2.24) is 4.90 Å². The molecule has 2 N–H and O–H groups in total. The van der Waals surface area contributed by atoms with E-state index in [2.05, 4.69) is 21.9 Å². The van der Waals surface area contributed by atoms with E-state index in [1.54, 1.807) is 12.1 Å². The highest BCUT2D eigenvalue weighted by atomic mass is 35.5. The number of primary amides is 1. The maximum Gasteiger partial charge on any atom is 0.289 e. The molecule has 1 saturated carbocycles. The Morgan fingerprint density at radius 2 is 1.58 bits per heavy atom. The molecule has 2 heterocycles. The molecular formula is C29H38ClN3O3. The molecule has 6 nitrogen and oxygen atoms in total. The number of likely N-dealkylation sites (tertiary alicyclic amines) is 1. The van der Waals surface area contributed by atoms with Crippen LogP contribution >= 0.6 is 11.6 Å². The number of ketones is 1. The standard InChI is InChI=1S/C16H22ClNO.C13H16N2O2/c17-15-12-13(4-3-11-18-9-1-2-10-18)5-8-16(15)19-14-6-7-14;14-13(17)12(16)10-4-6-11(7-5-10)15-8-2-1-3-9-15/h5,8,12,14H,1-4,6-7,9-11H2;4-7H,1-3,8-9H2,(H2,14,17). The summed E-state index contributed by atoms with van der Waals surface area (Å²) in [6, 6.07) is 13.3. The number of ether oxygens (including phenoxy) is 1. The fourth-order valence-corrected chi connectivity index (χ4v) is 5.04. The van der Waals surface area contributed by atoms with Crippen LogP contribution in [0.25, 0.3) is 0 Å². The largest absolute Gasteiger partial charge is 0.489 e. The van der Waals surface area contributed by atoms with Gasteiger partial charge in [0.25, 0.3) is 5.91 Å². The highest BCUT2D eigenvalue weighted by Crippen LogP contribution is 2.32. The van der Waals surface area contributed by atoms with Crippen LogP contribution in [0.2, 0.25) is 5.02 Å². The van der Waals surface area contributed by atoms with Crippen LogP contribution in [-0.4, -0.2) is 55.4 Å². The van der Waals surface area contributed by atoms with E-state index < -0.39 is 11.7 Å². The Labute approximate surface area is 219 Å². The van der Waals surface area contributed by atoms with Crippen LogP contribution in [0.1, 0.15) is 67.3 Å². The molecule has 0 bridgehead atoms. The van der Waals surface area contributed by atoms with Crippen molar-refractivity contribution in [3.8, 4) is 5.75 Å². The first-order chi connectivity index (χ1) is 17.5. The highest BCUT2D eigenvalue weighted by Gasteiger charge is 2.24. The van der Waals surface area contributed by atoms with Crippen LogP contribution in [0, 0.1) is 0 Å². The molecular weight excluding hydrogens is 474 g/mol. The van der Waals surface area contributed by atoms with Crippen molar-refractivity contribution >= 4 is 29.0 Å². The minimum atomic E-state index is -0.907. The molecule has 0 aromatic heterocycles.